The predicted octanol–water partition coefficient (Wildman–Crippen LogP) is 3.39. The van der Waals surface area contributed by atoms with E-state index in [1.54, 1.807) is 44.4 Å². The van der Waals surface area contributed by atoms with E-state index < -0.39 is 4.92 Å². The van der Waals surface area contributed by atoms with Crippen LogP contribution >= 0.6 is 0 Å². The van der Waals surface area contributed by atoms with E-state index in [-0.39, 0.29) is 23.2 Å². The largest absolute Gasteiger partial charge is 0.493 e. The highest BCUT2D eigenvalue weighted by molar-refractivity contribution is 5.95. The number of anilines is 1. The van der Waals surface area contributed by atoms with Crippen molar-refractivity contribution in [3.63, 3.8) is 0 Å². The molecule has 2 aromatic carbocycles. The molecule has 2 aromatic rings. The van der Waals surface area contributed by atoms with Crippen LogP contribution in [0.5, 0.6) is 11.5 Å². The normalized spacial score (nSPS) is 10.5. The summed E-state index contributed by atoms with van der Waals surface area (Å²) in [6, 6.07) is 9.91. The summed E-state index contributed by atoms with van der Waals surface area (Å²) in [5, 5.41) is 14.3. The van der Waals surface area contributed by atoms with Crippen molar-refractivity contribution >= 4 is 17.3 Å². The van der Waals surface area contributed by atoms with Crippen molar-refractivity contribution in [1.82, 2.24) is 5.32 Å². The van der Waals surface area contributed by atoms with Gasteiger partial charge in [0.15, 0.2) is 11.5 Å². The van der Waals surface area contributed by atoms with Crippen LogP contribution in [0.4, 0.5) is 11.4 Å². The molecule has 150 valence electrons. The van der Waals surface area contributed by atoms with Crippen LogP contribution < -0.4 is 19.7 Å². The van der Waals surface area contributed by atoms with Crippen LogP contribution in [0.15, 0.2) is 36.4 Å². The molecule has 1 N–H and O–H groups in total. The lowest BCUT2D eigenvalue weighted by molar-refractivity contribution is -0.384. The van der Waals surface area contributed by atoms with E-state index in [9.17, 15) is 14.9 Å². The van der Waals surface area contributed by atoms with Gasteiger partial charge < -0.3 is 19.7 Å². The zero-order valence-corrected chi connectivity index (χ0v) is 16.7. The second-order valence-electron chi connectivity index (χ2n) is 6.63. The van der Waals surface area contributed by atoms with E-state index in [1.165, 1.54) is 6.07 Å². The van der Waals surface area contributed by atoms with Crippen molar-refractivity contribution in [2.75, 3.05) is 26.2 Å². The summed E-state index contributed by atoms with van der Waals surface area (Å²) in [4.78, 5) is 25.0. The molecule has 0 unspecified atom stereocenters. The maximum Gasteiger partial charge on any atom is 0.293 e. The SMILES string of the molecule is COc1ccc(CN(C)c2ccc(C(=O)NC(C)C)cc2[N+](=O)[O-])cc1OC. The number of nitrogens with zero attached hydrogens (tertiary/aromatic N) is 2. The van der Waals surface area contributed by atoms with Gasteiger partial charge in [0, 0.05) is 31.3 Å². The summed E-state index contributed by atoms with van der Waals surface area (Å²) in [7, 11) is 4.87. The topological polar surface area (TPSA) is 93.9 Å². The summed E-state index contributed by atoms with van der Waals surface area (Å²) in [5.41, 5.74) is 1.44. The third-order valence-electron chi connectivity index (χ3n) is 4.13. The van der Waals surface area contributed by atoms with Gasteiger partial charge in [-0.1, -0.05) is 6.07 Å². The number of rotatable bonds is 8. The molecule has 1 amide bonds. The number of benzene rings is 2. The quantitative estimate of drug-likeness (QED) is 0.551. The number of nitro groups is 1. The number of methoxy groups -OCH3 is 2. The van der Waals surface area contributed by atoms with E-state index >= 15 is 0 Å². The number of ether oxygens (including phenoxy) is 2. The predicted molar refractivity (Wildman–Crippen MR) is 107 cm³/mol. The standard InChI is InChI=1S/C20H25N3O5/c1-13(2)21-20(24)15-7-8-16(17(11-15)23(25)26)22(3)12-14-6-9-18(27-4)19(10-14)28-5/h6-11,13H,12H2,1-5H3,(H,21,24). The Morgan fingerprint density at radius 1 is 1.14 bits per heavy atom. The summed E-state index contributed by atoms with van der Waals surface area (Å²) < 4.78 is 10.5. The van der Waals surface area contributed by atoms with Gasteiger partial charge in [0.2, 0.25) is 0 Å². The molecule has 8 nitrogen and oxygen atoms in total. The van der Waals surface area contributed by atoms with E-state index in [0.717, 1.165) is 5.56 Å². The maximum absolute atomic E-state index is 12.2. The second kappa shape index (κ2) is 9.07. The van der Waals surface area contributed by atoms with E-state index in [2.05, 4.69) is 5.32 Å². The lowest BCUT2D eigenvalue weighted by Crippen LogP contribution is -2.30. The van der Waals surface area contributed by atoms with Crippen LogP contribution in [0.2, 0.25) is 0 Å². The molecular formula is C20H25N3O5. The number of amides is 1. The van der Waals surface area contributed by atoms with Gasteiger partial charge in [0.1, 0.15) is 5.69 Å². The molecule has 0 radical (unpaired) electrons. The van der Waals surface area contributed by atoms with Crippen LogP contribution in [-0.2, 0) is 6.54 Å². The number of hydrogen-bond acceptors (Lipinski definition) is 6. The van der Waals surface area contributed by atoms with Crippen molar-refractivity contribution in [2.24, 2.45) is 0 Å². The molecule has 0 bridgehead atoms. The fraction of sp³-hybridized carbons (Fsp3) is 0.350. The Balaban J connectivity index is 2.30. The summed E-state index contributed by atoms with van der Waals surface area (Å²) in [5.74, 6) is 0.858. The minimum Gasteiger partial charge on any atom is -0.493 e. The van der Waals surface area contributed by atoms with Gasteiger partial charge in [0.05, 0.1) is 19.1 Å². The van der Waals surface area contributed by atoms with E-state index in [4.69, 9.17) is 9.47 Å². The third-order valence-corrected chi connectivity index (χ3v) is 4.13. The number of nitro benzene ring substituents is 1. The minimum atomic E-state index is -0.480. The van der Waals surface area contributed by atoms with Crippen LogP contribution in [0.25, 0.3) is 0 Å². The fourth-order valence-corrected chi connectivity index (χ4v) is 2.82. The Morgan fingerprint density at radius 2 is 1.82 bits per heavy atom. The smallest absolute Gasteiger partial charge is 0.293 e. The molecule has 0 aromatic heterocycles. The van der Waals surface area contributed by atoms with Crippen LogP contribution in [0.1, 0.15) is 29.8 Å². The molecule has 0 saturated carbocycles. The summed E-state index contributed by atoms with van der Waals surface area (Å²) >= 11 is 0. The second-order valence-corrected chi connectivity index (χ2v) is 6.63. The lowest BCUT2D eigenvalue weighted by atomic mass is 10.1. The van der Waals surface area contributed by atoms with Crippen molar-refractivity contribution in [1.29, 1.82) is 0 Å². The Hall–Kier alpha value is -3.29. The molecule has 28 heavy (non-hydrogen) atoms. The number of carbonyl (C=O) groups is 1. The first-order chi connectivity index (χ1) is 13.3. The van der Waals surface area contributed by atoms with Crippen LogP contribution in [-0.4, -0.2) is 38.1 Å². The highest BCUT2D eigenvalue weighted by atomic mass is 16.6. The highest BCUT2D eigenvalue weighted by Gasteiger charge is 2.21. The van der Waals surface area contributed by atoms with Crippen LogP contribution in [0, 0.1) is 10.1 Å². The molecule has 0 fully saturated rings. The van der Waals surface area contributed by atoms with Gasteiger partial charge in [-0.25, -0.2) is 0 Å². The first-order valence-corrected chi connectivity index (χ1v) is 8.78. The molecule has 0 aliphatic heterocycles. The zero-order valence-electron chi connectivity index (χ0n) is 16.7. The molecule has 8 heteroatoms. The summed E-state index contributed by atoms with van der Waals surface area (Å²) in [6.45, 7) is 4.08. The molecule has 0 aliphatic rings. The average Bonchev–Trinajstić information content (AvgIpc) is 2.66. The van der Waals surface area contributed by atoms with Gasteiger partial charge in [-0.05, 0) is 43.7 Å². The Morgan fingerprint density at radius 3 is 2.39 bits per heavy atom. The van der Waals surface area contributed by atoms with Crippen molar-refractivity contribution in [3.8, 4) is 11.5 Å². The lowest BCUT2D eigenvalue weighted by Gasteiger charge is -2.20. The number of hydrogen-bond donors (Lipinski definition) is 1. The third kappa shape index (κ3) is 4.91. The van der Waals surface area contributed by atoms with Gasteiger partial charge in [0.25, 0.3) is 11.6 Å². The van der Waals surface area contributed by atoms with Gasteiger partial charge >= 0.3 is 0 Å². The van der Waals surface area contributed by atoms with E-state index in [1.807, 2.05) is 26.0 Å². The Labute approximate surface area is 164 Å². The molecule has 0 saturated heterocycles. The van der Waals surface area contributed by atoms with Gasteiger partial charge in [-0.3, -0.25) is 14.9 Å². The fourth-order valence-electron chi connectivity index (χ4n) is 2.82. The molecule has 0 atom stereocenters. The number of nitrogens with one attached hydrogen (secondary N) is 1. The average molecular weight is 387 g/mol. The monoisotopic (exact) mass is 387 g/mol. The molecular weight excluding hydrogens is 362 g/mol. The van der Waals surface area contributed by atoms with Crippen molar-refractivity contribution in [2.45, 2.75) is 26.4 Å². The van der Waals surface area contributed by atoms with E-state index in [0.29, 0.717) is 23.7 Å². The Kier molecular flexibility index (Phi) is 6.81. The number of carbonyl (C=O) groups excluding carboxylic acids is 1. The maximum atomic E-state index is 12.2. The van der Waals surface area contributed by atoms with Crippen molar-refractivity contribution in [3.05, 3.63) is 57.6 Å². The van der Waals surface area contributed by atoms with Gasteiger partial charge in [-0.15, -0.1) is 0 Å². The van der Waals surface area contributed by atoms with Crippen LogP contribution in [0.3, 0.4) is 0 Å². The first-order valence-electron chi connectivity index (χ1n) is 8.78. The van der Waals surface area contributed by atoms with Gasteiger partial charge in [-0.2, -0.15) is 0 Å². The molecule has 0 heterocycles. The minimum absolute atomic E-state index is 0.0565. The first kappa shape index (κ1) is 21.0. The summed E-state index contributed by atoms with van der Waals surface area (Å²) in [6.07, 6.45) is 0. The molecule has 2 rings (SSSR count). The molecule has 0 aliphatic carbocycles. The molecule has 0 spiro atoms. The zero-order chi connectivity index (χ0) is 20.8. The van der Waals surface area contributed by atoms with Crippen molar-refractivity contribution < 1.29 is 19.2 Å². The highest BCUT2D eigenvalue weighted by Crippen LogP contribution is 2.32. The Bertz CT molecular complexity index is 867.